The van der Waals surface area contributed by atoms with Crippen LogP contribution in [-0.4, -0.2) is 35.0 Å². The second kappa shape index (κ2) is 7.68. The zero-order chi connectivity index (χ0) is 15.1. The van der Waals surface area contributed by atoms with Crippen LogP contribution in [0.25, 0.3) is 0 Å². The summed E-state index contributed by atoms with van der Waals surface area (Å²) in [6.07, 6.45) is 1.00. The molecule has 0 bridgehead atoms. The van der Waals surface area contributed by atoms with Crippen LogP contribution in [0.2, 0.25) is 0 Å². The van der Waals surface area contributed by atoms with Crippen molar-refractivity contribution in [1.29, 1.82) is 0 Å². The predicted octanol–water partition coefficient (Wildman–Crippen LogP) is 2.50. The third kappa shape index (κ3) is 5.43. The van der Waals surface area contributed by atoms with Crippen molar-refractivity contribution in [3.05, 3.63) is 35.4 Å². The maximum atomic E-state index is 12.2. The van der Waals surface area contributed by atoms with Crippen LogP contribution in [0.5, 0.6) is 0 Å². The van der Waals surface area contributed by atoms with E-state index in [2.05, 4.69) is 0 Å². The quantitative estimate of drug-likeness (QED) is 0.833. The van der Waals surface area contributed by atoms with Crippen LogP contribution in [0.15, 0.2) is 24.3 Å². The minimum atomic E-state index is -0.963. The Morgan fingerprint density at radius 3 is 2.45 bits per heavy atom. The van der Waals surface area contributed by atoms with Crippen LogP contribution < -0.4 is 0 Å². The Morgan fingerprint density at radius 1 is 1.25 bits per heavy atom. The molecule has 0 fully saturated rings. The number of aliphatic carboxylic acids is 1. The number of hydrogen-bond acceptors (Lipinski definition) is 2. The van der Waals surface area contributed by atoms with E-state index >= 15 is 0 Å². The third-order valence-electron chi connectivity index (χ3n) is 3.13. The highest BCUT2D eigenvalue weighted by Crippen LogP contribution is 2.11. The van der Waals surface area contributed by atoms with E-state index in [-0.39, 0.29) is 18.4 Å². The van der Waals surface area contributed by atoms with Crippen LogP contribution >= 0.6 is 0 Å². The average molecular weight is 277 g/mol. The summed E-state index contributed by atoms with van der Waals surface area (Å²) in [6, 6.07) is 7.95. The number of amides is 1. The molecule has 1 amide bonds. The van der Waals surface area contributed by atoms with Crippen LogP contribution in [0.3, 0.4) is 0 Å². The molecule has 1 N–H and O–H groups in total. The molecule has 1 aromatic carbocycles. The monoisotopic (exact) mass is 277 g/mol. The minimum Gasteiger partial charge on any atom is -0.480 e. The highest BCUT2D eigenvalue weighted by molar-refractivity contribution is 5.81. The lowest BCUT2D eigenvalue weighted by molar-refractivity contribution is -0.144. The van der Waals surface area contributed by atoms with E-state index in [1.165, 1.54) is 4.90 Å². The Bertz CT molecular complexity index is 469. The first-order valence-electron chi connectivity index (χ1n) is 6.94. The fraction of sp³-hybridized carbons (Fsp3) is 0.500. The molecule has 0 aliphatic rings. The zero-order valence-corrected chi connectivity index (χ0v) is 12.4. The lowest BCUT2D eigenvalue weighted by atomic mass is 10.0. The van der Waals surface area contributed by atoms with Crippen molar-refractivity contribution in [1.82, 2.24) is 4.90 Å². The summed E-state index contributed by atoms with van der Waals surface area (Å²) < 4.78 is 0. The van der Waals surface area contributed by atoms with Gasteiger partial charge in [-0.05, 0) is 30.4 Å². The van der Waals surface area contributed by atoms with Gasteiger partial charge in [-0.3, -0.25) is 9.59 Å². The van der Waals surface area contributed by atoms with Crippen molar-refractivity contribution < 1.29 is 14.7 Å². The first-order valence-corrected chi connectivity index (χ1v) is 6.94. The largest absolute Gasteiger partial charge is 0.480 e. The van der Waals surface area contributed by atoms with E-state index in [9.17, 15) is 9.59 Å². The Kier molecular flexibility index (Phi) is 6.22. The van der Waals surface area contributed by atoms with E-state index in [0.29, 0.717) is 19.4 Å². The van der Waals surface area contributed by atoms with Gasteiger partial charge in [0, 0.05) is 13.0 Å². The molecule has 1 aromatic rings. The summed E-state index contributed by atoms with van der Waals surface area (Å²) in [6.45, 7) is 6.24. The number of nitrogens with zero attached hydrogens (tertiary/aromatic N) is 1. The van der Waals surface area contributed by atoms with Gasteiger partial charge in [0.2, 0.25) is 5.91 Å². The van der Waals surface area contributed by atoms with Crippen molar-refractivity contribution in [2.75, 3.05) is 13.1 Å². The molecule has 0 aliphatic heterocycles. The topological polar surface area (TPSA) is 57.6 Å². The number of carbonyl (C=O) groups is 2. The van der Waals surface area contributed by atoms with E-state index in [0.717, 1.165) is 11.1 Å². The van der Waals surface area contributed by atoms with Gasteiger partial charge in [0.25, 0.3) is 0 Å². The number of carboxylic acids is 1. The van der Waals surface area contributed by atoms with Gasteiger partial charge in [-0.1, -0.05) is 38.1 Å². The number of rotatable bonds is 7. The van der Waals surface area contributed by atoms with Crippen LogP contribution in [0, 0.1) is 12.8 Å². The molecule has 20 heavy (non-hydrogen) atoms. The van der Waals surface area contributed by atoms with Crippen molar-refractivity contribution in [2.24, 2.45) is 5.92 Å². The number of benzene rings is 1. The standard InChI is InChI=1S/C16H23NO3/c1-12(2)10-17(11-16(19)20)15(18)9-8-14-7-5-4-6-13(14)3/h4-7,12H,8-11H2,1-3H3,(H,19,20). The van der Waals surface area contributed by atoms with Gasteiger partial charge in [0.05, 0.1) is 0 Å². The minimum absolute atomic E-state index is 0.0932. The normalized spacial score (nSPS) is 10.6. The van der Waals surface area contributed by atoms with Gasteiger partial charge in [-0.15, -0.1) is 0 Å². The van der Waals surface area contributed by atoms with Crippen molar-refractivity contribution in [2.45, 2.75) is 33.6 Å². The van der Waals surface area contributed by atoms with Crippen molar-refractivity contribution in [3.63, 3.8) is 0 Å². The van der Waals surface area contributed by atoms with E-state index in [1.807, 2.05) is 45.0 Å². The van der Waals surface area contributed by atoms with Crippen LogP contribution in [-0.2, 0) is 16.0 Å². The molecule has 0 saturated carbocycles. The van der Waals surface area contributed by atoms with Crippen LogP contribution in [0.1, 0.15) is 31.4 Å². The number of carbonyl (C=O) groups excluding carboxylic acids is 1. The summed E-state index contributed by atoms with van der Waals surface area (Å²) in [4.78, 5) is 24.4. The molecule has 0 heterocycles. The predicted molar refractivity (Wildman–Crippen MR) is 78.6 cm³/mol. The highest BCUT2D eigenvalue weighted by atomic mass is 16.4. The van der Waals surface area contributed by atoms with E-state index in [4.69, 9.17) is 5.11 Å². The molecule has 4 nitrogen and oxygen atoms in total. The maximum Gasteiger partial charge on any atom is 0.323 e. The van der Waals surface area contributed by atoms with Crippen LogP contribution in [0.4, 0.5) is 0 Å². The fourth-order valence-electron chi connectivity index (χ4n) is 2.15. The Balaban J connectivity index is 2.62. The average Bonchev–Trinajstić information content (AvgIpc) is 2.35. The molecule has 0 atom stereocenters. The second-order valence-electron chi connectivity index (χ2n) is 5.49. The summed E-state index contributed by atoms with van der Waals surface area (Å²) in [5.41, 5.74) is 2.30. The van der Waals surface area contributed by atoms with Gasteiger partial charge in [-0.2, -0.15) is 0 Å². The molecular formula is C16H23NO3. The summed E-state index contributed by atoms with van der Waals surface area (Å²) >= 11 is 0. The molecule has 0 radical (unpaired) electrons. The summed E-state index contributed by atoms with van der Waals surface area (Å²) in [7, 11) is 0. The van der Waals surface area contributed by atoms with Crippen molar-refractivity contribution in [3.8, 4) is 0 Å². The Morgan fingerprint density at radius 2 is 1.90 bits per heavy atom. The molecule has 0 unspecified atom stereocenters. The molecule has 0 aromatic heterocycles. The zero-order valence-electron chi connectivity index (χ0n) is 12.4. The fourth-order valence-corrected chi connectivity index (χ4v) is 2.15. The van der Waals surface area contributed by atoms with Gasteiger partial charge in [-0.25, -0.2) is 0 Å². The van der Waals surface area contributed by atoms with Gasteiger partial charge in [0.15, 0.2) is 0 Å². The van der Waals surface area contributed by atoms with Gasteiger partial charge in [0.1, 0.15) is 6.54 Å². The molecule has 0 aliphatic carbocycles. The number of hydrogen-bond donors (Lipinski definition) is 1. The van der Waals surface area contributed by atoms with E-state index < -0.39 is 5.97 Å². The molecule has 4 heteroatoms. The van der Waals surface area contributed by atoms with Crippen molar-refractivity contribution >= 4 is 11.9 Å². The summed E-state index contributed by atoms with van der Waals surface area (Å²) in [5.74, 6) is -0.795. The lowest BCUT2D eigenvalue weighted by Gasteiger charge is -2.22. The smallest absolute Gasteiger partial charge is 0.323 e. The third-order valence-corrected chi connectivity index (χ3v) is 3.13. The molecule has 0 spiro atoms. The van der Waals surface area contributed by atoms with Gasteiger partial charge >= 0.3 is 5.97 Å². The molecule has 1 rings (SSSR count). The Labute approximate surface area is 120 Å². The maximum absolute atomic E-state index is 12.2. The molecule has 110 valence electrons. The molecular weight excluding hydrogens is 254 g/mol. The second-order valence-corrected chi connectivity index (χ2v) is 5.49. The molecule has 0 saturated heterocycles. The lowest BCUT2D eigenvalue weighted by Crippen LogP contribution is -2.38. The van der Waals surface area contributed by atoms with E-state index in [1.54, 1.807) is 0 Å². The summed E-state index contributed by atoms with van der Waals surface area (Å²) in [5, 5.41) is 8.88. The first-order chi connectivity index (χ1) is 9.40. The Hall–Kier alpha value is -1.84. The number of carboxylic acid groups (broad SMARTS) is 1. The number of aryl methyl sites for hydroxylation is 2. The SMILES string of the molecule is Cc1ccccc1CCC(=O)N(CC(=O)O)CC(C)C. The van der Waals surface area contributed by atoms with Gasteiger partial charge < -0.3 is 10.0 Å². The first kappa shape index (κ1) is 16.2. The highest BCUT2D eigenvalue weighted by Gasteiger charge is 2.17.